The molecule has 2 aromatic rings. The van der Waals surface area contributed by atoms with Crippen LogP contribution in [0.5, 0.6) is 0 Å². The number of rotatable bonds is 6. The predicted molar refractivity (Wildman–Crippen MR) is 86.1 cm³/mol. The van der Waals surface area contributed by atoms with Crippen molar-refractivity contribution in [1.29, 1.82) is 0 Å². The van der Waals surface area contributed by atoms with Gasteiger partial charge in [0.2, 0.25) is 5.91 Å². The van der Waals surface area contributed by atoms with E-state index in [4.69, 9.17) is 23.1 Å². The van der Waals surface area contributed by atoms with Crippen LogP contribution in [-0.2, 0) is 10.3 Å². The van der Waals surface area contributed by atoms with E-state index in [9.17, 15) is 4.79 Å². The Morgan fingerprint density at radius 1 is 1.24 bits per heavy atom. The van der Waals surface area contributed by atoms with E-state index in [2.05, 4.69) is 4.98 Å². The molecule has 110 valence electrons. The molecular formula is C15H16ClN3OS. The number of hydrogen-bond donors (Lipinski definition) is 2. The van der Waals surface area contributed by atoms with E-state index in [1.165, 1.54) is 11.8 Å². The van der Waals surface area contributed by atoms with Crippen LogP contribution in [0, 0.1) is 0 Å². The number of amides is 1. The summed E-state index contributed by atoms with van der Waals surface area (Å²) in [6, 6.07) is 12.8. The first-order chi connectivity index (χ1) is 10.0. The van der Waals surface area contributed by atoms with Crippen LogP contribution >= 0.6 is 23.4 Å². The Morgan fingerprint density at radius 2 is 1.95 bits per heavy atom. The molecule has 0 saturated heterocycles. The number of carbonyl (C=O) groups is 1. The molecule has 6 heteroatoms. The van der Waals surface area contributed by atoms with Crippen molar-refractivity contribution in [2.24, 2.45) is 11.5 Å². The monoisotopic (exact) mass is 321 g/mol. The molecule has 1 atom stereocenters. The normalized spacial score (nSPS) is 13.6. The second kappa shape index (κ2) is 6.93. The Labute approximate surface area is 132 Å². The zero-order chi connectivity index (χ0) is 15.3. The standard InChI is InChI=1S/C15H16ClN3OS/c16-12-6-7-13(19-10-12)21-9-8-15(18,14(17)20)11-4-2-1-3-5-11/h1-7,10H,8-9,18H2,(H2,17,20). The van der Waals surface area contributed by atoms with Gasteiger partial charge in [-0.1, -0.05) is 41.9 Å². The van der Waals surface area contributed by atoms with Crippen molar-refractivity contribution in [3.8, 4) is 0 Å². The number of primary amides is 1. The first kappa shape index (κ1) is 15.8. The van der Waals surface area contributed by atoms with E-state index in [0.29, 0.717) is 17.2 Å². The second-order valence-electron chi connectivity index (χ2n) is 4.61. The summed E-state index contributed by atoms with van der Waals surface area (Å²) < 4.78 is 0. The fourth-order valence-electron chi connectivity index (χ4n) is 1.91. The smallest absolute Gasteiger partial charge is 0.242 e. The number of nitrogens with two attached hydrogens (primary N) is 2. The van der Waals surface area contributed by atoms with Gasteiger partial charge in [-0.2, -0.15) is 0 Å². The molecule has 0 saturated carbocycles. The summed E-state index contributed by atoms with van der Waals surface area (Å²) in [4.78, 5) is 16.0. The maximum absolute atomic E-state index is 11.8. The third-order valence-corrected chi connectivity index (χ3v) is 4.34. The minimum Gasteiger partial charge on any atom is -0.368 e. The summed E-state index contributed by atoms with van der Waals surface area (Å²) >= 11 is 7.30. The summed E-state index contributed by atoms with van der Waals surface area (Å²) in [5.41, 5.74) is 11.3. The molecule has 4 nitrogen and oxygen atoms in total. The highest BCUT2D eigenvalue weighted by Gasteiger charge is 2.33. The molecule has 1 amide bonds. The van der Waals surface area contributed by atoms with Gasteiger partial charge in [0.05, 0.1) is 10.0 Å². The number of thioether (sulfide) groups is 1. The molecule has 1 unspecified atom stereocenters. The highest BCUT2D eigenvalue weighted by molar-refractivity contribution is 7.99. The number of pyridine rings is 1. The maximum Gasteiger partial charge on any atom is 0.242 e. The lowest BCUT2D eigenvalue weighted by Crippen LogP contribution is -2.49. The number of nitrogens with zero attached hydrogens (tertiary/aromatic N) is 1. The first-order valence-corrected chi connectivity index (χ1v) is 7.77. The van der Waals surface area contributed by atoms with Gasteiger partial charge in [-0.15, -0.1) is 11.8 Å². The average molecular weight is 322 g/mol. The van der Waals surface area contributed by atoms with E-state index < -0.39 is 11.4 Å². The SMILES string of the molecule is NC(=O)C(N)(CCSc1ccc(Cl)cn1)c1ccccc1. The van der Waals surface area contributed by atoms with Crippen molar-refractivity contribution in [3.63, 3.8) is 0 Å². The number of carbonyl (C=O) groups excluding carboxylic acids is 1. The van der Waals surface area contributed by atoms with E-state index in [0.717, 1.165) is 10.6 Å². The van der Waals surface area contributed by atoms with Gasteiger partial charge < -0.3 is 11.5 Å². The van der Waals surface area contributed by atoms with Crippen molar-refractivity contribution < 1.29 is 4.79 Å². The average Bonchev–Trinajstić information content (AvgIpc) is 2.50. The molecule has 0 aliphatic carbocycles. The number of hydrogen-bond acceptors (Lipinski definition) is 4. The second-order valence-corrected chi connectivity index (χ2v) is 6.17. The van der Waals surface area contributed by atoms with Crippen LogP contribution < -0.4 is 11.5 Å². The molecule has 0 fully saturated rings. The van der Waals surface area contributed by atoms with Gasteiger partial charge in [-0.3, -0.25) is 4.79 Å². The van der Waals surface area contributed by atoms with Crippen LogP contribution in [0.2, 0.25) is 5.02 Å². The topological polar surface area (TPSA) is 82.0 Å². The predicted octanol–water partition coefficient (Wildman–Crippen LogP) is 2.56. The number of benzene rings is 1. The van der Waals surface area contributed by atoms with E-state index in [1.807, 2.05) is 36.4 Å². The minimum atomic E-state index is -1.17. The van der Waals surface area contributed by atoms with Gasteiger partial charge in [-0.25, -0.2) is 4.98 Å². The number of aromatic nitrogens is 1. The minimum absolute atomic E-state index is 0.432. The molecule has 2 rings (SSSR count). The fourth-order valence-corrected chi connectivity index (χ4v) is 2.95. The van der Waals surface area contributed by atoms with Crippen LogP contribution in [0.4, 0.5) is 0 Å². The van der Waals surface area contributed by atoms with Gasteiger partial charge in [0.1, 0.15) is 5.54 Å². The molecule has 0 aliphatic rings. The molecule has 0 aliphatic heterocycles. The Balaban J connectivity index is 2.04. The van der Waals surface area contributed by atoms with Crippen molar-refractivity contribution in [1.82, 2.24) is 4.98 Å². The Bertz CT molecular complexity index is 606. The fraction of sp³-hybridized carbons (Fsp3) is 0.200. The van der Waals surface area contributed by atoms with Crippen molar-refractivity contribution >= 4 is 29.3 Å². The van der Waals surface area contributed by atoms with Crippen LogP contribution in [-0.4, -0.2) is 16.6 Å². The highest BCUT2D eigenvalue weighted by atomic mass is 35.5. The van der Waals surface area contributed by atoms with E-state index >= 15 is 0 Å². The summed E-state index contributed by atoms with van der Waals surface area (Å²) in [6.07, 6.45) is 2.02. The number of halogens is 1. The van der Waals surface area contributed by atoms with Gasteiger partial charge >= 0.3 is 0 Å². The first-order valence-electron chi connectivity index (χ1n) is 6.41. The third kappa shape index (κ3) is 3.97. The molecule has 1 aromatic carbocycles. The van der Waals surface area contributed by atoms with Gasteiger partial charge in [0, 0.05) is 11.9 Å². The molecule has 0 bridgehead atoms. The molecule has 21 heavy (non-hydrogen) atoms. The summed E-state index contributed by atoms with van der Waals surface area (Å²) in [7, 11) is 0. The maximum atomic E-state index is 11.8. The molecule has 0 radical (unpaired) electrons. The molecule has 4 N–H and O–H groups in total. The van der Waals surface area contributed by atoms with Crippen LogP contribution in [0.25, 0.3) is 0 Å². The molecule has 1 aromatic heterocycles. The van der Waals surface area contributed by atoms with Gasteiger partial charge in [0.25, 0.3) is 0 Å². The van der Waals surface area contributed by atoms with Crippen molar-refractivity contribution in [2.75, 3.05) is 5.75 Å². The lowest BCUT2D eigenvalue weighted by atomic mass is 9.88. The Morgan fingerprint density at radius 3 is 2.52 bits per heavy atom. The van der Waals surface area contributed by atoms with Gasteiger partial charge in [0.15, 0.2) is 0 Å². The van der Waals surface area contributed by atoms with E-state index in [-0.39, 0.29) is 0 Å². The lowest BCUT2D eigenvalue weighted by molar-refractivity contribution is -0.123. The molecule has 1 heterocycles. The highest BCUT2D eigenvalue weighted by Crippen LogP contribution is 2.26. The Hall–Kier alpha value is -1.56. The summed E-state index contributed by atoms with van der Waals surface area (Å²) in [5, 5.41) is 1.42. The molecular weight excluding hydrogens is 306 g/mol. The zero-order valence-electron chi connectivity index (χ0n) is 11.3. The van der Waals surface area contributed by atoms with Crippen molar-refractivity contribution in [3.05, 3.63) is 59.2 Å². The van der Waals surface area contributed by atoms with Crippen LogP contribution in [0.1, 0.15) is 12.0 Å². The summed E-state index contributed by atoms with van der Waals surface area (Å²) in [5.74, 6) is 0.0987. The molecule has 0 spiro atoms. The van der Waals surface area contributed by atoms with Crippen molar-refractivity contribution in [2.45, 2.75) is 17.0 Å². The van der Waals surface area contributed by atoms with Crippen LogP contribution in [0.3, 0.4) is 0 Å². The largest absolute Gasteiger partial charge is 0.368 e. The third-order valence-electron chi connectivity index (χ3n) is 3.18. The van der Waals surface area contributed by atoms with Gasteiger partial charge in [-0.05, 0) is 24.1 Å². The van der Waals surface area contributed by atoms with E-state index in [1.54, 1.807) is 12.3 Å². The Kier molecular flexibility index (Phi) is 5.22. The lowest BCUT2D eigenvalue weighted by Gasteiger charge is -2.26. The zero-order valence-corrected chi connectivity index (χ0v) is 12.9. The quantitative estimate of drug-likeness (QED) is 0.801. The van der Waals surface area contributed by atoms with Crippen LogP contribution in [0.15, 0.2) is 53.7 Å². The summed E-state index contributed by atoms with van der Waals surface area (Å²) in [6.45, 7) is 0.